The lowest BCUT2D eigenvalue weighted by molar-refractivity contribution is 0.100. The maximum atomic E-state index is 12.9. The summed E-state index contributed by atoms with van der Waals surface area (Å²) in [5.74, 6) is -2.96. The van der Waals surface area contributed by atoms with Crippen LogP contribution in [0.3, 0.4) is 0 Å². The van der Waals surface area contributed by atoms with Crippen molar-refractivity contribution in [2.75, 3.05) is 6.54 Å². The van der Waals surface area contributed by atoms with Crippen molar-refractivity contribution in [1.82, 2.24) is 0 Å². The van der Waals surface area contributed by atoms with Crippen molar-refractivity contribution in [3.05, 3.63) is 46.8 Å². The van der Waals surface area contributed by atoms with E-state index in [1.165, 1.54) is 6.07 Å². The molecule has 0 heterocycles. The van der Waals surface area contributed by atoms with E-state index in [1.807, 2.05) is 0 Å². The summed E-state index contributed by atoms with van der Waals surface area (Å²) in [7, 11) is 0. The number of rotatable bonds is 2. The maximum Gasteiger partial charge on any atom is 0.276 e. The molecule has 0 fully saturated rings. The number of benzene rings is 1. The maximum absolute atomic E-state index is 12.9. The Balaban J connectivity index is 3.09. The Morgan fingerprint density at radius 1 is 1.46 bits per heavy atom. The van der Waals surface area contributed by atoms with Gasteiger partial charge in [0.2, 0.25) is 5.78 Å². The van der Waals surface area contributed by atoms with Crippen molar-refractivity contribution in [2.24, 2.45) is 0 Å². The fourth-order valence-corrected chi connectivity index (χ4v) is 0.876. The van der Waals surface area contributed by atoms with Gasteiger partial charge in [-0.1, -0.05) is 6.07 Å². The van der Waals surface area contributed by atoms with E-state index in [2.05, 4.69) is 4.85 Å². The second kappa shape index (κ2) is 3.76. The van der Waals surface area contributed by atoms with E-state index in [-0.39, 0.29) is 5.56 Å². The molecular weight excluding hydrogens is 176 g/mol. The molecule has 0 atom stereocenters. The van der Waals surface area contributed by atoms with Crippen LogP contribution in [-0.4, -0.2) is 12.3 Å². The molecule has 1 rings (SSSR count). The minimum absolute atomic E-state index is 0.365. The Kier molecular flexibility index (Phi) is 2.70. The zero-order valence-corrected chi connectivity index (χ0v) is 6.55. The van der Waals surface area contributed by atoms with Gasteiger partial charge in [-0.15, -0.1) is 0 Å². The van der Waals surface area contributed by atoms with Crippen LogP contribution in [-0.2, 0) is 0 Å². The monoisotopic (exact) mass is 181 g/mol. The molecule has 0 bridgehead atoms. The zero-order valence-electron chi connectivity index (χ0n) is 6.55. The number of hydrogen-bond acceptors (Lipinski definition) is 1. The van der Waals surface area contributed by atoms with Gasteiger partial charge >= 0.3 is 0 Å². The van der Waals surface area contributed by atoms with Gasteiger partial charge < -0.3 is 4.85 Å². The topological polar surface area (TPSA) is 21.4 Å². The number of carbonyl (C=O) groups excluding carboxylic acids is 1. The van der Waals surface area contributed by atoms with Gasteiger partial charge in [-0.3, -0.25) is 4.79 Å². The molecule has 0 aliphatic carbocycles. The molecular formula is C9H5F2NO. The highest BCUT2D eigenvalue weighted by Gasteiger charge is 2.16. The first-order valence-corrected chi connectivity index (χ1v) is 3.47. The Hall–Kier alpha value is -1.76. The van der Waals surface area contributed by atoms with Gasteiger partial charge in [0.15, 0.2) is 11.6 Å². The van der Waals surface area contributed by atoms with Crippen molar-refractivity contribution in [3.63, 3.8) is 0 Å². The summed E-state index contributed by atoms with van der Waals surface area (Å²) in [6.45, 7) is 5.94. The minimum atomic E-state index is -1.18. The van der Waals surface area contributed by atoms with Crippen LogP contribution in [0.5, 0.6) is 0 Å². The van der Waals surface area contributed by atoms with Gasteiger partial charge in [-0.05, 0) is 12.1 Å². The summed E-state index contributed by atoms with van der Waals surface area (Å²) in [4.78, 5) is 13.8. The normalized spacial score (nSPS) is 9.31. The van der Waals surface area contributed by atoms with Gasteiger partial charge in [0.1, 0.15) is 0 Å². The zero-order chi connectivity index (χ0) is 9.84. The van der Waals surface area contributed by atoms with Gasteiger partial charge in [-0.25, -0.2) is 15.4 Å². The average Bonchev–Trinajstić information content (AvgIpc) is 2.10. The van der Waals surface area contributed by atoms with Crippen LogP contribution in [0, 0.1) is 18.2 Å². The van der Waals surface area contributed by atoms with E-state index in [9.17, 15) is 13.6 Å². The third-order valence-electron chi connectivity index (χ3n) is 1.47. The number of halogens is 2. The first kappa shape index (κ1) is 9.33. The van der Waals surface area contributed by atoms with E-state index in [1.54, 1.807) is 0 Å². The highest BCUT2D eigenvalue weighted by Crippen LogP contribution is 2.11. The third kappa shape index (κ3) is 1.88. The molecule has 1 aromatic rings. The molecule has 2 nitrogen and oxygen atoms in total. The fraction of sp³-hybridized carbons (Fsp3) is 0.111. The van der Waals surface area contributed by atoms with Crippen molar-refractivity contribution in [2.45, 2.75) is 0 Å². The summed E-state index contributed by atoms with van der Waals surface area (Å²) in [5, 5.41) is 0. The quantitative estimate of drug-likeness (QED) is 0.505. The van der Waals surface area contributed by atoms with Crippen LogP contribution in [0.4, 0.5) is 8.78 Å². The van der Waals surface area contributed by atoms with E-state index in [0.717, 1.165) is 12.1 Å². The lowest BCUT2D eigenvalue weighted by Crippen LogP contribution is -2.06. The summed E-state index contributed by atoms with van der Waals surface area (Å²) in [6, 6.07) is 3.31. The highest BCUT2D eigenvalue weighted by molar-refractivity contribution is 5.98. The summed E-state index contributed by atoms with van der Waals surface area (Å²) in [5.41, 5.74) is -0.365. The summed E-state index contributed by atoms with van der Waals surface area (Å²) >= 11 is 0. The lowest BCUT2D eigenvalue weighted by atomic mass is 10.1. The van der Waals surface area contributed by atoms with E-state index < -0.39 is 24.0 Å². The van der Waals surface area contributed by atoms with Crippen molar-refractivity contribution in [1.29, 1.82) is 0 Å². The molecule has 0 saturated carbocycles. The smallest absolute Gasteiger partial charge is 0.276 e. The summed E-state index contributed by atoms with van der Waals surface area (Å²) in [6.07, 6.45) is 0. The number of Topliss-reactive ketones (excluding diaryl/α,β-unsaturated/α-hetero) is 1. The molecule has 66 valence electrons. The van der Waals surface area contributed by atoms with Crippen molar-refractivity contribution >= 4 is 5.78 Å². The molecule has 1 aromatic carbocycles. The Morgan fingerprint density at radius 2 is 2.15 bits per heavy atom. The van der Waals surface area contributed by atoms with Crippen LogP contribution in [0.25, 0.3) is 4.85 Å². The Bertz CT molecular complexity index is 382. The van der Waals surface area contributed by atoms with E-state index in [4.69, 9.17) is 6.57 Å². The molecule has 0 spiro atoms. The minimum Gasteiger partial charge on any atom is -0.308 e. The SMILES string of the molecule is [C-]#[N+]CC(=O)c1cccc(F)c1F. The molecule has 0 aromatic heterocycles. The van der Waals surface area contributed by atoms with Gasteiger partial charge in [-0.2, -0.15) is 0 Å². The molecule has 0 radical (unpaired) electrons. The van der Waals surface area contributed by atoms with Crippen LogP contribution in [0.1, 0.15) is 10.4 Å². The number of carbonyl (C=O) groups is 1. The van der Waals surface area contributed by atoms with Crippen molar-refractivity contribution < 1.29 is 13.6 Å². The largest absolute Gasteiger partial charge is 0.308 e. The van der Waals surface area contributed by atoms with Crippen LogP contribution in [0.2, 0.25) is 0 Å². The molecule has 0 aliphatic heterocycles. The molecule has 0 aliphatic rings. The number of hydrogen-bond donors (Lipinski definition) is 0. The van der Waals surface area contributed by atoms with Crippen molar-refractivity contribution in [3.8, 4) is 0 Å². The van der Waals surface area contributed by atoms with E-state index >= 15 is 0 Å². The molecule has 13 heavy (non-hydrogen) atoms. The first-order chi connectivity index (χ1) is 6.16. The van der Waals surface area contributed by atoms with Crippen LogP contribution >= 0.6 is 0 Å². The highest BCUT2D eigenvalue weighted by atomic mass is 19.2. The molecule has 0 saturated heterocycles. The Morgan fingerprint density at radius 3 is 2.77 bits per heavy atom. The first-order valence-electron chi connectivity index (χ1n) is 3.47. The fourth-order valence-electron chi connectivity index (χ4n) is 0.876. The van der Waals surface area contributed by atoms with Gasteiger partial charge in [0.05, 0.1) is 5.56 Å². The predicted octanol–water partition coefficient (Wildman–Crippen LogP) is 2.07. The predicted molar refractivity (Wildman–Crippen MR) is 42.2 cm³/mol. The second-order valence-electron chi connectivity index (χ2n) is 2.34. The number of ketones is 1. The Labute approximate surface area is 73.6 Å². The molecule has 0 amide bonds. The molecule has 4 heteroatoms. The molecule has 0 N–H and O–H groups in total. The lowest BCUT2D eigenvalue weighted by Gasteiger charge is -1.97. The van der Waals surface area contributed by atoms with E-state index in [0.29, 0.717) is 0 Å². The molecule has 0 unspecified atom stereocenters. The standard InChI is InChI=1S/C9H5F2NO/c1-12-5-8(13)6-3-2-4-7(10)9(6)11/h2-4H,5H2. The average molecular weight is 181 g/mol. The van der Waals surface area contributed by atoms with Crippen LogP contribution < -0.4 is 0 Å². The third-order valence-corrected chi connectivity index (χ3v) is 1.47. The van der Waals surface area contributed by atoms with Gasteiger partial charge in [0.25, 0.3) is 6.54 Å². The second-order valence-corrected chi connectivity index (χ2v) is 2.34. The number of nitrogens with zero attached hydrogens (tertiary/aromatic N) is 1. The van der Waals surface area contributed by atoms with Gasteiger partial charge in [0, 0.05) is 0 Å². The summed E-state index contributed by atoms with van der Waals surface area (Å²) < 4.78 is 25.5. The van der Waals surface area contributed by atoms with Crippen LogP contribution in [0.15, 0.2) is 18.2 Å².